The molecule has 0 aromatic heterocycles. The zero-order valence-corrected chi connectivity index (χ0v) is 15.1. The zero-order chi connectivity index (χ0) is 15.6. The number of nitrogens with one attached hydrogen (secondary N) is 1. The molecular formula is C18H28ClNO2. The van der Waals surface area contributed by atoms with Gasteiger partial charge in [-0.25, -0.2) is 0 Å². The van der Waals surface area contributed by atoms with Crippen molar-refractivity contribution in [3.63, 3.8) is 0 Å². The van der Waals surface area contributed by atoms with Gasteiger partial charge in [0.05, 0.1) is 21.2 Å². The highest BCUT2D eigenvalue weighted by Gasteiger charge is 2.31. The van der Waals surface area contributed by atoms with E-state index in [-0.39, 0.29) is 18.2 Å². The van der Waals surface area contributed by atoms with E-state index in [1.165, 1.54) is 22.4 Å². The van der Waals surface area contributed by atoms with Crippen molar-refractivity contribution in [2.24, 2.45) is 5.92 Å². The summed E-state index contributed by atoms with van der Waals surface area (Å²) in [5.41, 5.74) is 3.42. The van der Waals surface area contributed by atoms with Crippen molar-refractivity contribution in [3.8, 4) is 5.75 Å². The van der Waals surface area contributed by atoms with Crippen molar-refractivity contribution >= 4 is 5.78 Å². The quantitative estimate of drug-likeness (QED) is 0.737. The van der Waals surface area contributed by atoms with E-state index < -0.39 is 0 Å². The Kier molecular flexibility index (Phi) is 6.89. The Morgan fingerprint density at radius 1 is 1.36 bits per heavy atom. The van der Waals surface area contributed by atoms with Gasteiger partial charge in [0.2, 0.25) is 0 Å². The van der Waals surface area contributed by atoms with Crippen molar-refractivity contribution in [3.05, 3.63) is 28.8 Å². The number of ketones is 1. The second kappa shape index (κ2) is 7.98. The minimum atomic E-state index is 0. The summed E-state index contributed by atoms with van der Waals surface area (Å²) in [5.74, 6) is 1.61. The van der Waals surface area contributed by atoms with E-state index in [1.807, 2.05) is 12.1 Å². The minimum absolute atomic E-state index is 0. The highest BCUT2D eigenvalue weighted by molar-refractivity contribution is 5.98. The van der Waals surface area contributed by atoms with Gasteiger partial charge < -0.3 is 22.0 Å². The maximum atomic E-state index is 12.6. The van der Waals surface area contributed by atoms with Gasteiger partial charge in [-0.15, -0.1) is 0 Å². The molecule has 0 saturated heterocycles. The molecule has 0 spiro atoms. The fraction of sp³-hybridized carbons (Fsp3) is 0.611. The second-order valence-electron chi connectivity index (χ2n) is 6.75. The Morgan fingerprint density at radius 3 is 2.59 bits per heavy atom. The Bertz CT molecular complexity index is 526. The first-order chi connectivity index (χ1) is 9.95. The number of methoxy groups -OCH3 is 1. The fourth-order valence-electron chi connectivity index (χ4n) is 3.42. The predicted molar refractivity (Wildman–Crippen MR) is 85.3 cm³/mol. The molecule has 2 rings (SSSR count). The summed E-state index contributed by atoms with van der Waals surface area (Å²) >= 11 is 0. The molecule has 0 fully saturated rings. The van der Waals surface area contributed by atoms with E-state index in [2.05, 4.69) is 27.9 Å². The number of hydrogen-bond acceptors (Lipinski definition) is 2. The molecule has 124 valence electrons. The summed E-state index contributed by atoms with van der Waals surface area (Å²) in [6.07, 6.45) is 3.95. The molecule has 0 radical (unpaired) electrons. The molecule has 0 amide bonds. The van der Waals surface area contributed by atoms with Gasteiger partial charge in [0.25, 0.3) is 0 Å². The van der Waals surface area contributed by atoms with Crippen molar-refractivity contribution in [2.75, 3.05) is 21.2 Å². The summed E-state index contributed by atoms with van der Waals surface area (Å²) < 4.78 is 5.54. The average Bonchev–Trinajstić information content (AvgIpc) is 2.44. The summed E-state index contributed by atoms with van der Waals surface area (Å²) in [6.45, 7) is 4.20. The third-order valence-electron chi connectivity index (χ3n) is 4.39. The topological polar surface area (TPSA) is 30.7 Å². The van der Waals surface area contributed by atoms with Gasteiger partial charge in [0.1, 0.15) is 11.8 Å². The lowest BCUT2D eigenvalue weighted by Gasteiger charge is -2.31. The molecule has 0 saturated carbocycles. The van der Waals surface area contributed by atoms with Gasteiger partial charge in [0, 0.05) is 29.5 Å². The number of Topliss-reactive ketones (excluding diaryl/α,β-unsaturated/α-hetero) is 1. The molecule has 1 N–H and O–H groups in total. The van der Waals surface area contributed by atoms with Gasteiger partial charge in [-0.05, 0) is 30.9 Å². The molecule has 1 unspecified atom stereocenters. The summed E-state index contributed by atoms with van der Waals surface area (Å²) in [5, 5.41) is 0. The third kappa shape index (κ3) is 3.82. The fourth-order valence-corrected chi connectivity index (χ4v) is 3.42. The average molecular weight is 326 g/mol. The van der Waals surface area contributed by atoms with E-state index in [0.29, 0.717) is 18.4 Å². The van der Waals surface area contributed by atoms with Gasteiger partial charge in [-0.1, -0.05) is 13.8 Å². The van der Waals surface area contributed by atoms with Crippen molar-refractivity contribution < 1.29 is 26.8 Å². The Labute approximate surface area is 140 Å². The van der Waals surface area contributed by atoms with E-state index >= 15 is 0 Å². The third-order valence-corrected chi connectivity index (χ3v) is 4.39. The van der Waals surface area contributed by atoms with E-state index in [4.69, 9.17) is 4.74 Å². The van der Waals surface area contributed by atoms with Crippen LogP contribution < -0.4 is 22.0 Å². The Balaban J connectivity index is 0.00000242. The largest absolute Gasteiger partial charge is 1.00 e. The van der Waals surface area contributed by atoms with Crippen LogP contribution >= 0.6 is 0 Å². The van der Waals surface area contributed by atoms with Gasteiger partial charge in [-0.3, -0.25) is 4.79 Å². The van der Waals surface area contributed by atoms with E-state index in [1.54, 1.807) is 7.11 Å². The molecule has 1 aliphatic rings. The lowest BCUT2D eigenvalue weighted by Crippen LogP contribution is -3.06. The van der Waals surface area contributed by atoms with E-state index in [9.17, 15) is 4.79 Å². The smallest absolute Gasteiger partial charge is 0.163 e. The number of benzene rings is 1. The molecule has 0 aliphatic heterocycles. The first kappa shape index (κ1) is 19.0. The first-order valence-corrected chi connectivity index (χ1v) is 7.98. The number of fused-ring (bicyclic) bond motifs is 1. The minimum Gasteiger partial charge on any atom is -1.00 e. The standard InChI is InChI=1S/C18H27NO2.ClH/c1-12(2)11-16(20)13-9-10-17(21-5)14-7-6-8-15(18(13)14)19(3)4;/h9-10,12,15H,6-8,11H2,1-5H3;1H. The normalized spacial score (nSPS) is 17.1. The van der Waals surface area contributed by atoms with Crippen LogP contribution in [0.3, 0.4) is 0 Å². The summed E-state index contributed by atoms with van der Waals surface area (Å²) in [4.78, 5) is 14.0. The summed E-state index contributed by atoms with van der Waals surface area (Å²) in [7, 11) is 6.07. The number of carbonyl (C=O) groups is 1. The number of ether oxygens (including phenoxy) is 1. The molecule has 1 aliphatic carbocycles. The molecule has 22 heavy (non-hydrogen) atoms. The first-order valence-electron chi connectivity index (χ1n) is 7.98. The van der Waals surface area contributed by atoms with Crippen LogP contribution in [0.5, 0.6) is 5.75 Å². The highest BCUT2D eigenvalue weighted by atomic mass is 35.5. The molecule has 4 heteroatoms. The lowest BCUT2D eigenvalue weighted by atomic mass is 9.81. The number of rotatable bonds is 5. The number of carbonyl (C=O) groups excluding carboxylic acids is 1. The highest BCUT2D eigenvalue weighted by Crippen LogP contribution is 2.37. The van der Waals surface area contributed by atoms with Crippen LogP contribution in [0, 0.1) is 5.92 Å². The van der Waals surface area contributed by atoms with Gasteiger partial charge in [-0.2, -0.15) is 0 Å². The van der Waals surface area contributed by atoms with Crippen LogP contribution in [0.1, 0.15) is 60.6 Å². The Morgan fingerprint density at radius 2 is 2.05 bits per heavy atom. The molecule has 1 atom stereocenters. The monoisotopic (exact) mass is 325 g/mol. The molecular weight excluding hydrogens is 298 g/mol. The Hall–Kier alpha value is -1.06. The predicted octanol–water partition coefficient (Wildman–Crippen LogP) is -0.550. The van der Waals surface area contributed by atoms with Crippen LogP contribution in [0.4, 0.5) is 0 Å². The SMILES string of the molecule is COc1ccc(C(=O)CC(C)C)c2c1CCCC2[NH+](C)C.[Cl-]. The van der Waals surface area contributed by atoms with Crippen molar-refractivity contribution in [2.45, 2.75) is 45.6 Å². The molecule has 1 aromatic carbocycles. The van der Waals surface area contributed by atoms with Crippen LogP contribution in [-0.2, 0) is 6.42 Å². The summed E-state index contributed by atoms with van der Waals surface area (Å²) in [6, 6.07) is 4.35. The van der Waals surface area contributed by atoms with E-state index in [0.717, 1.165) is 24.2 Å². The lowest BCUT2D eigenvalue weighted by molar-refractivity contribution is -0.893. The number of halogens is 1. The van der Waals surface area contributed by atoms with Gasteiger partial charge >= 0.3 is 0 Å². The van der Waals surface area contributed by atoms with Crippen molar-refractivity contribution in [1.82, 2.24) is 0 Å². The van der Waals surface area contributed by atoms with Crippen LogP contribution in [-0.4, -0.2) is 27.0 Å². The van der Waals surface area contributed by atoms with Gasteiger partial charge in [0.15, 0.2) is 5.78 Å². The molecule has 1 aromatic rings. The van der Waals surface area contributed by atoms with Crippen LogP contribution in [0.25, 0.3) is 0 Å². The van der Waals surface area contributed by atoms with Crippen molar-refractivity contribution in [1.29, 1.82) is 0 Å². The van der Waals surface area contributed by atoms with Crippen LogP contribution in [0.2, 0.25) is 0 Å². The number of hydrogen-bond donors (Lipinski definition) is 1. The molecule has 0 bridgehead atoms. The van der Waals surface area contributed by atoms with Crippen LogP contribution in [0.15, 0.2) is 12.1 Å². The number of quaternary nitrogens is 1. The maximum absolute atomic E-state index is 12.6. The maximum Gasteiger partial charge on any atom is 0.163 e. The second-order valence-corrected chi connectivity index (χ2v) is 6.75. The molecule has 3 nitrogen and oxygen atoms in total. The zero-order valence-electron chi connectivity index (χ0n) is 14.3. The molecule has 0 heterocycles.